The van der Waals surface area contributed by atoms with Gasteiger partial charge in [0, 0.05) is 37.3 Å². The minimum Gasteiger partial charge on any atom is -0.471 e. The van der Waals surface area contributed by atoms with Gasteiger partial charge in [-0.15, -0.1) is 0 Å². The lowest BCUT2D eigenvalue weighted by Crippen LogP contribution is -2.58. The van der Waals surface area contributed by atoms with Crippen LogP contribution in [0.3, 0.4) is 0 Å². The Morgan fingerprint density at radius 3 is 2.53 bits per heavy atom. The van der Waals surface area contributed by atoms with Gasteiger partial charge in [-0.05, 0) is 42.5 Å². The van der Waals surface area contributed by atoms with Gasteiger partial charge in [0.15, 0.2) is 5.82 Å². The molecule has 1 aromatic carbocycles. The zero-order valence-corrected chi connectivity index (χ0v) is 20.0. The van der Waals surface area contributed by atoms with Crippen LogP contribution in [-0.4, -0.2) is 52.3 Å². The summed E-state index contributed by atoms with van der Waals surface area (Å²) in [4.78, 5) is 19.4. The molecule has 3 fully saturated rings. The van der Waals surface area contributed by atoms with E-state index in [1.807, 2.05) is 18.5 Å². The van der Waals surface area contributed by atoms with Gasteiger partial charge in [-0.1, -0.05) is 11.6 Å². The highest BCUT2D eigenvalue weighted by atomic mass is 35.5. The summed E-state index contributed by atoms with van der Waals surface area (Å²) in [6.07, 6.45) is 7.26. The third kappa shape index (κ3) is 4.52. The number of fused-ring (bicyclic) bond motifs is 2. The van der Waals surface area contributed by atoms with Crippen molar-refractivity contribution in [3.63, 3.8) is 0 Å². The van der Waals surface area contributed by atoms with Crippen LogP contribution in [0, 0.1) is 29.0 Å². The third-order valence-corrected chi connectivity index (χ3v) is 7.16. The first-order valence-corrected chi connectivity index (χ1v) is 12.3. The van der Waals surface area contributed by atoms with Crippen molar-refractivity contribution in [2.24, 2.45) is 11.8 Å². The van der Waals surface area contributed by atoms with Gasteiger partial charge in [0.1, 0.15) is 12.4 Å². The van der Waals surface area contributed by atoms with Crippen molar-refractivity contribution in [2.45, 2.75) is 24.9 Å². The van der Waals surface area contributed by atoms with E-state index in [-0.39, 0.29) is 34.7 Å². The van der Waals surface area contributed by atoms with E-state index in [1.165, 1.54) is 30.8 Å². The van der Waals surface area contributed by atoms with Gasteiger partial charge < -0.3 is 19.7 Å². The first-order chi connectivity index (χ1) is 17.6. The van der Waals surface area contributed by atoms with E-state index in [2.05, 4.69) is 30.2 Å². The van der Waals surface area contributed by atoms with Crippen LogP contribution >= 0.6 is 11.6 Å². The Bertz CT molecular complexity index is 1300. The average Bonchev–Trinajstić information content (AvgIpc) is 3.73. The van der Waals surface area contributed by atoms with Crippen LogP contribution in [0.2, 0.25) is 5.02 Å². The fourth-order valence-electron chi connectivity index (χ4n) is 4.84. The summed E-state index contributed by atoms with van der Waals surface area (Å²) < 4.78 is 27.3. The van der Waals surface area contributed by atoms with E-state index in [4.69, 9.17) is 26.3 Å². The zero-order chi connectivity index (χ0) is 24.6. The van der Waals surface area contributed by atoms with Gasteiger partial charge in [-0.3, -0.25) is 0 Å². The molecule has 0 radical (unpaired) electrons. The van der Waals surface area contributed by atoms with Crippen molar-refractivity contribution in [1.29, 1.82) is 5.26 Å². The van der Waals surface area contributed by atoms with E-state index in [0.717, 1.165) is 0 Å². The molecule has 2 saturated heterocycles. The quantitative estimate of drug-likeness (QED) is 0.527. The van der Waals surface area contributed by atoms with Gasteiger partial charge >= 0.3 is 0 Å². The largest absolute Gasteiger partial charge is 0.471 e. The van der Waals surface area contributed by atoms with Crippen molar-refractivity contribution >= 4 is 29.1 Å². The molecular weight excluding hydrogens is 485 g/mol. The smallest absolute Gasteiger partial charge is 0.256 e. The van der Waals surface area contributed by atoms with Gasteiger partial charge in [0.05, 0.1) is 35.6 Å². The number of hydrogen-bond donors (Lipinski definition) is 1. The number of anilines is 3. The maximum Gasteiger partial charge on any atom is 0.256 e. The number of nitriles is 1. The molecule has 1 aliphatic carbocycles. The Morgan fingerprint density at radius 2 is 1.86 bits per heavy atom. The molecule has 184 valence electrons. The summed E-state index contributed by atoms with van der Waals surface area (Å²) in [7, 11) is 0. The van der Waals surface area contributed by atoms with E-state index in [0.29, 0.717) is 49.4 Å². The SMILES string of the molecule is N#Cc1ccc(Nc2ncnc(OC3C4COCC3CN(c3ncc(C5CC5)cn3)C4)c2F)c(Cl)c1. The van der Waals surface area contributed by atoms with Crippen molar-refractivity contribution < 1.29 is 13.9 Å². The topological polar surface area (TPSA) is 109 Å². The fourth-order valence-corrected chi connectivity index (χ4v) is 5.07. The molecule has 11 heteroatoms. The second kappa shape index (κ2) is 9.48. The number of ether oxygens (including phenoxy) is 2. The summed E-state index contributed by atoms with van der Waals surface area (Å²) in [6, 6.07) is 6.70. The average molecular weight is 508 g/mol. The normalized spacial score (nSPS) is 23.1. The molecule has 2 bridgehead atoms. The first-order valence-electron chi connectivity index (χ1n) is 11.9. The van der Waals surface area contributed by atoms with E-state index in [9.17, 15) is 0 Å². The Kier molecular flexibility index (Phi) is 6.03. The van der Waals surface area contributed by atoms with Crippen molar-refractivity contribution in [3.8, 4) is 11.9 Å². The molecule has 3 aliphatic rings. The number of aromatic nitrogens is 4. The molecule has 1 saturated carbocycles. The minimum atomic E-state index is -0.710. The maximum absolute atomic E-state index is 15.3. The molecule has 4 heterocycles. The van der Waals surface area contributed by atoms with Crippen molar-refractivity contribution in [3.05, 3.63) is 58.9 Å². The molecule has 0 spiro atoms. The summed E-state index contributed by atoms with van der Waals surface area (Å²) in [5.41, 5.74) is 2.03. The van der Waals surface area contributed by atoms with Crippen LogP contribution in [0.5, 0.6) is 5.88 Å². The first kappa shape index (κ1) is 22.9. The molecular formula is C25H23ClFN7O2. The van der Waals surface area contributed by atoms with E-state index >= 15 is 4.39 Å². The van der Waals surface area contributed by atoms with E-state index < -0.39 is 5.82 Å². The molecule has 2 aliphatic heterocycles. The number of benzene rings is 1. The molecule has 9 nitrogen and oxygen atoms in total. The van der Waals surface area contributed by atoms with Crippen LogP contribution in [0.4, 0.5) is 21.8 Å². The predicted molar refractivity (Wildman–Crippen MR) is 130 cm³/mol. The highest BCUT2D eigenvalue weighted by molar-refractivity contribution is 6.33. The molecule has 1 N–H and O–H groups in total. The monoisotopic (exact) mass is 507 g/mol. The minimum absolute atomic E-state index is 0.00273. The Labute approximate surface area is 212 Å². The molecule has 2 unspecified atom stereocenters. The highest BCUT2D eigenvalue weighted by Gasteiger charge is 2.43. The standard InChI is InChI=1S/C25H23ClFN7O2/c26-19-5-14(6-28)1-4-20(19)33-23-21(27)24(32-13-31-23)36-22-17-9-34(10-18(22)12-35-11-17)25-29-7-16(8-30-25)15-2-3-15/h1,4-5,7-8,13,15,17-18,22H,2-3,9-12H2,(H,31,32,33). The van der Waals surface area contributed by atoms with Crippen LogP contribution < -0.4 is 15.0 Å². The highest BCUT2D eigenvalue weighted by Crippen LogP contribution is 2.40. The van der Waals surface area contributed by atoms with E-state index in [1.54, 1.807) is 12.1 Å². The van der Waals surface area contributed by atoms with Gasteiger partial charge in [0.25, 0.3) is 5.88 Å². The Balaban J connectivity index is 1.18. The van der Waals surface area contributed by atoms with Crippen LogP contribution in [0.15, 0.2) is 36.9 Å². The lowest BCUT2D eigenvalue weighted by molar-refractivity contribution is -0.0780. The molecule has 3 aromatic rings. The molecule has 2 aromatic heterocycles. The summed E-state index contributed by atoms with van der Waals surface area (Å²) in [5, 5.41) is 12.2. The second-order valence-corrected chi connectivity index (χ2v) is 9.82. The van der Waals surface area contributed by atoms with Gasteiger partial charge in [-0.25, -0.2) is 15.0 Å². The molecule has 2 atom stereocenters. The lowest BCUT2D eigenvalue weighted by atomic mass is 9.84. The van der Waals surface area contributed by atoms with Gasteiger partial charge in [-0.2, -0.15) is 14.6 Å². The fraction of sp³-hybridized carbons (Fsp3) is 0.400. The lowest BCUT2D eigenvalue weighted by Gasteiger charge is -2.46. The third-order valence-electron chi connectivity index (χ3n) is 6.85. The van der Waals surface area contributed by atoms with Gasteiger partial charge in [0.2, 0.25) is 11.8 Å². The Morgan fingerprint density at radius 1 is 1.11 bits per heavy atom. The van der Waals surface area contributed by atoms with Crippen LogP contribution in [0.1, 0.15) is 29.9 Å². The van der Waals surface area contributed by atoms with Crippen molar-refractivity contribution in [1.82, 2.24) is 19.9 Å². The molecule has 6 rings (SSSR count). The number of rotatable bonds is 6. The summed E-state index contributed by atoms with van der Waals surface area (Å²) in [6.45, 7) is 2.28. The second-order valence-electron chi connectivity index (χ2n) is 9.41. The number of nitrogens with zero attached hydrogens (tertiary/aromatic N) is 6. The summed E-state index contributed by atoms with van der Waals surface area (Å²) in [5.74, 6) is 0.423. The van der Waals surface area contributed by atoms with Crippen LogP contribution in [-0.2, 0) is 4.74 Å². The number of hydrogen-bond acceptors (Lipinski definition) is 9. The Hall–Kier alpha value is -3.55. The zero-order valence-electron chi connectivity index (χ0n) is 19.3. The molecule has 36 heavy (non-hydrogen) atoms. The van der Waals surface area contributed by atoms with Crippen molar-refractivity contribution in [2.75, 3.05) is 36.5 Å². The predicted octanol–water partition coefficient (Wildman–Crippen LogP) is 4.08. The maximum atomic E-state index is 15.3. The summed E-state index contributed by atoms with van der Waals surface area (Å²) >= 11 is 6.22. The number of halogens is 2. The number of piperidine rings is 1. The van der Waals surface area contributed by atoms with Crippen LogP contribution in [0.25, 0.3) is 0 Å². The number of nitrogens with one attached hydrogen (secondary N) is 1. The molecule has 0 amide bonds.